The van der Waals surface area contributed by atoms with Gasteiger partial charge in [-0.3, -0.25) is 9.69 Å². The van der Waals surface area contributed by atoms with Gasteiger partial charge < -0.3 is 9.84 Å². The van der Waals surface area contributed by atoms with Crippen molar-refractivity contribution >= 4 is 5.91 Å². The number of allylic oxidation sites excluding steroid dienone is 2. The Morgan fingerprint density at radius 2 is 2.33 bits per heavy atom. The van der Waals surface area contributed by atoms with Gasteiger partial charge >= 0.3 is 0 Å². The number of alkyl halides is 1. The fourth-order valence-electron chi connectivity index (χ4n) is 3.67. The summed E-state index contributed by atoms with van der Waals surface area (Å²) in [4.78, 5) is 14.2. The van der Waals surface area contributed by atoms with Crippen LogP contribution in [0.4, 0.5) is 4.39 Å². The third kappa shape index (κ3) is 4.04. The van der Waals surface area contributed by atoms with E-state index in [1.807, 2.05) is 13.8 Å². The maximum atomic E-state index is 13.9. The fraction of sp³-hybridized carbons (Fsp3) is 0.667. The summed E-state index contributed by atoms with van der Waals surface area (Å²) in [5.41, 5.74) is 1.88. The average molecular weight is 335 g/mol. The Hall–Kier alpha value is -1.69. The number of nitrogens with one attached hydrogen (secondary N) is 1. The molecule has 24 heavy (non-hydrogen) atoms. The number of rotatable bonds is 6. The van der Waals surface area contributed by atoms with Gasteiger partial charge in [-0.2, -0.15) is 0 Å². The third-order valence-electron chi connectivity index (χ3n) is 5.11. The Morgan fingerprint density at radius 1 is 1.50 bits per heavy atom. The van der Waals surface area contributed by atoms with Crippen molar-refractivity contribution in [3.63, 3.8) is 0 Å². The minimum Gasteiger partial charge on any atom is -0.361 e. The summed E-state index contributed by atoms with van der Waals surface area (Å²) in [7, 11) is 0. The zero-order valence-corrected chi connectivity index (χ0v) is 14.4. The van der Waals surface area contributed by atoms with Crippen molar-refractivity contribution in [2.45, 2.75) is 58.3 Å². The van der Waals surface area contributed by atoms with E-state index in [4.69, 9.17) is 4.52 Å². The molecule has 3 atom stereocenters. The SMILES string of the molecule is Cc1noc(C)c1CN1C[C@@H](F)C[C@H]1CNC(=O)C[C@H]1C=CCC1. The van der Waals surface area contributed by atoms with E-state index in [0.717, 1.165) is 29.9 Å². The van der Waals surface area contributed by atoms with Gasteiger partial charge in [0, 0.05) is 37.7 Å². The standard InChI is InChI=1S/C18H26FN3O2/c1-12-17(13(2)24-21-12)11-22-10-15(19)8-16(22)9-20-18(23)7-14-5-3-4-6-14/h3,5,14-16H,4,6-11H2,1-2H3,(H,20,23)/t14-,15-,16-/m0/s1. The molecule has 3 rings (SSSR count). The van der Waals surface area contributed by atoms with Crippen LogP contribution in [-0.4, -0.2) is 41.3 Å². The molecule has 1 amide bonds. The van der Waals surface area contributed by atoms with E-state index in [0.29, 0.717) is 38.4 Å². The van der Waals surface area contributed by atoms with E-state index in [-0.39, 0.29) is 11.9 Å². The topological polar surface area (TPSA) is 58.4 Å². The number of aromatic nitrogens is 1. The van der Waals surface area contributed by atoms with Crippen molar-refractivity contribution in [1.82, 2.24) is 15.4 Å². The molecular formula is C18H26FN3O2. The van der Waals surface area contributed by atoms with Crippen LogP contribution in [0.25, 0.3) is 0 Å². The molecule has 1 aliphatic heterocycles. The summed E-state index contributed by atoms with van der Waals surface area (Å²) in [6, 6.07) is 0.0248. The van der Waals surface area contributed by atoms with Crippen LogP contribution in [0, 0.1) is 19.8 Å². The number of likely N-dealkylation sites (tertiary alicyclic amines) is 1. The van der Waals surface area contributed by atoms with Crippen molar-refractivity contribution in [3.05, 3.63) is 29.2 Å². The summed E-state index contributed by atoms with van der Waals surface area (Å²) >= 11 is 0. The van der Waals surface area contributed by atoms with Crippen LogP contribution >= 0.6 is 0 Å². The highest BCUT2D eigenvalue weighted by molar-refractivity contribution is 5.76. The monoisotopic (exact) mass is 335 g/mol. The van der Waals surface area contributed by atoms with E-state index in [2.05, 4.69) is 27.5 Å². The number of hydrogen-bond donors (Lipinski definition) is 1. The van der Waals surface area contributed by atoms with Crippen molar-refractivity contribution in [1.29, 1.82) is 0 Å². The number of nitrogens with zero attached hydrogens (tertiary/aromatic N) is 2. The Kier molecular flexibility index (Phi) is 5.33. The Labute approximate surface area is 142 Å². The van der Waals surface area contributed by atoms with Gasteiger partial charge in [0.1, 0.15) is 11.9 Å². The molecule has 1 fully saturated rings. The third-order valence-corrected chi connectivity index (χ3v) is 5.11. The lowest BCUT2D eigenvalue weighted by Gasteiger charge is -2.24. The summed E-state index contributed by atoms with van der Waals surface area (Å²) in [5.74, 6) is 1.21. The number of hydrogen-bond acceptors (Lipinski definition) is 4. The van der Waals surface area contributed by atoms with Gasteiger partial charge in [-0.25, -0.2) is 4.39 Å². The molecule has 1 aliphatic carbocycles. The predicted molar refractivity (Wildman–Crippen MR) is 89.2 cm³/mol. The summed E-state index contributed by atoms with van der Waals surface area (Å²) in [5, 5.41) is 6.95. The largest absolute Gasteiger partial charge is 0.361 e. The Bertz CT molecular complexity index is 594. The molecule has 1 aromatic heterocycles. The molecule has 5 nitrogen and oxygen atoms in total. The molecule has 0 aromatic carbocycles. The van der Waals surface area contributed by atoms with E-state index in [9.17, 15) is 9.18 Å². The normalized spacial score (nSPS) is 27.0. The van der Waals surface area contributed by atoms with Crippen molar-refractivity contribution in [2.24, 2.45) is 5.92 Å². The quantitative estimate of drug-likeness (QED) is 0.812. The number of carbonyl (C=O) groups is 1. The van der Waals surface area contributed by atoms with Crippen LogP contribution in [0.2, 0.25) is 0 Å². The molecule has 0 saturated carbocycles. The van der Waals surface area contributed by atoms with E-state index in [1.165, 1.54) is 0 Å². The van der Waals surface area contributed by atoms with Crippen LogP contribution in [-0.2, 0) is 11.3 Å². The van der Waals surface area contributed by atoms with Crippen LogP contribution in [0.3, 0.4) is 0 Å². The van der Waals surface area contributed by atoms with Crippen LogP contribution in [0.5, 0.6) is 0 Å². The highest BCUT2D eigenvalue weighted by Crippen LogP contribution is 2.25. The van der Waals surface area contributed by atoms with Crippen LogP contribution in [0.1, 0.15) is 42.7 Å². The maximum absolute atomic E-state index is 13.9. The zero-order chi connectivity index (χ0) is 17.1. The highest BCUT2D eigenvalue weighted by Gasteiger charge is 2.33. The Morgan fingerprint density at radius 3 is 3.00 bits per heavy atom. The van der Waals surface area contributed by atoms with Crippen molar-refractivity contribution in [2.75, 3.05) is 13.1 Å². The molecule has 0 bridgehead atoms. The first-order valence-corrected chi connectivity index (χ1v) is 8.76. The predicted octanol–water partition coefficient (Wildman–Crippen LogP) is 2.68. The number of aryl methyl sites for hydroxylation is 2. The van der Waals surface area contributed by atoms with Gasteiger partial charge in [-0.1, -0.05) is 17.3 Å². The summed E-state index contributed by atoms with van der Waals surface area (Å²) in [6.45, 7) is 5.30. The molecule has 1 aromatic rings. The molecule has 1 N–H and O–H groups in total. The second kappa shape index (κ2) is 7.47. The second-order valence-corrected chi connectivity index (χ2v) is 6.99. The first-order valence-electron chi connectivity index (χ1n) is 8.76. The van der Waals surface area contributed by atoms with Gasteiger partial charge in [0.15, 0.2) is 0 Å². The lowest BCUT2D eigenvalue weighted by Crippen LogP contribution is -2.40. The van der Waals surface area contributed by atoms with Gasteiger partial charge in [-0.15, -0.1) is 0 Å². The first-order chi connectivity index (χ1) is 11.5. The van der Waals surface area contributed by atoms with Crippen LogP contribution in [0.15, 0.2) is 16.7 Å². The highest BCUT2D eigenvalue weighted by atomic mass is 19.1. The van der Waals surface area contributed by atoms with Gasteiger partial charge in [0.05, 0.1) is 5.69 Å². The lowest BCUT2D eigenvalue weighted by atomic mass is 10.0. The molecule has 0 spiro atoms. The number of amides is 1. The smallest absolute Gasteiger partial charge is 0.220 e. The molecule has 2 heterocycles. The molecule has 0 radical (unpaired) electrons. The summed E-state index contributed by atoms with van der Waals surface area (Å²) < 4.78 is 19.1. The average Bonchev–Trinajstić information content (AvgIpc) is 3.23. The number of halogens is 1. The van der Waals surface area contributed by atoms with E-state index >= 15 is 0 Å². The van der Waals surface area contributed by atoms with Crippen LogP contribution < -0.4 is 5.32 Å². The van der Waals surface area contributed by atoms with Gasteiger partial charge in [0.25, 0.3) is 0 Å². The number of carbonyl (C=O) groups excluding carboxylic acids is 1. The Balaban J connectivity index is 1.53. The molecule has 6 heteroatoms. The maximum Gasteiger partial charge on any atom is 0.220 e. The second-order valence-electron chi connectivity index (χ2n) is 6.99. The van der Waals surface area contributed by atoms with Gasteiger partial charge in [0.2, 0.25) is 5.91 Å². The molecule has 1 saturated heterocycles. The summed E-state index contributed by atoms with van der Waals surface area (Å²) in [6.07, 6.45) is 6.53. The van der Waals surface area contributed by atoms with E-state index in [1.54, 1.807) is 0 Å². The lowest BCUT2D eigenvalue weighted by molar-refractivity contribution is -0.121. The first kappa shape index (κ1) is 17.1. The van der Waals surface area contributed by atoms with Crippen molar-refractivity contribution < 1.29 is 13.7 Å². The van der Waals surface area contributed by atoms with E-state index < -0.39 is 6.17 Å². The zero-order valence-electron chi connectivity index (χ0n) is 14.4. The molecule has 0 unspecified atom stereocenters. The van der Waals surface area contributed by atoms with Gasteiger partial charge in [-0.05, 0) is 39.0 Å². The van der Waals surface area contributed by atoms with Crippen molar-refractivity contribution in [3.8, 4) is 0 Å². The molecule has 132 valence electrons. The minimum atomic E-state index is -0.842. The minimum absolute atomic E-state index is 0.0248. The fourth-order valence-corrected chi connectivity index (χ4v) is 3.67. The molecule has 2 aliphatic rings. The molecular weight excluding hydrogens is 309 g/mol.